The second-order valence-corrected chi connectivity index (χ2v) is 4.19. The average Bonchev–Trinajstić information content (AvgIpc) is 2.22. The van der Waals surface area contributed by atoms with Crippen molar-refractivity contribution in [3.63, 3.8) is 0 Å². The summed E-state index contributed by atoms with van der Waals surface area (Å²) in [4.78, 5) is 0. The number of ether oxygens (including phenoxy) is 1. The highest BCUT2D eigenvalue weighted by molar-refractivity contribution is 5.53. The van der Waals surface area contributed by atoms with E-state index in [1.807, 2.05) is 13.8 Å². The Labute approximate surface area is 104 Å². The summed E-state index contributed by atoms with van der Waals surface area (Å²) in [7, 11) is 0. The minimum atomic E-state index is -0.671. The second-order valence-electron chi connectivity index (χ2n) is 4.19. The molecule has 0 saturated carbocycles. The smallest absolute Gasteiger partial charge is 0.133 e. The van der Waals surface area contributed by atoms with Gasteiger partial charge < -0.3 is 10.5 Å². The van der Waals surface area contributed by atoms with Crippen molar-refractivity contribution in [2.45, 2.75) is 13.8 Å². The van der Waals surface area contributed by atoms with Crippen molar-refractivity contribution in [2.75, 3.05) is 5.73 Å². The van der Waals surface area contributed by atoms with Gasteiger partial charge in [0.2, 0.25) is 0 Å². The molecule has 0 fully saturated rings. The molecule has 2 aromatic carbocycles. The molecule has 0 aliphatic heterocycles. The molecule has 94 valence electrons. The van der Waals surface area contributed by atoms with Gasteiger partial charge in [-0.05, 0) is 37.1 Å². The summed E-state index contributed by atoms with van der Waals surface area (Å²) in [5.41, 5.74) is 7.96. The maximum Gasteiger partial charge on any atom is 0.133 e. The zero-order valence-electron chi connectivity index (χ0n) is 10.1. The van der Waals surface area contributed by atoms with Crippen molar-refractivity contribution < 1.29 is 13.5 Å². The van der Waals surface area contributed by atoms with Crippen LogP contribution >= 0.6 is 0 Å². The first-order valence-corrected chi connectivity index (χ1v) is 5.46. The van der Waals surface area contributed by atoms with E-state index in [0.717, 1.165) is 29.3 Å². The fourth-order valence-electron chi connectivity index (χ4n) is 1.85. The van der Waals surface area contributed by atoms with Crippen LogP contribution in [0.5, 0.6) is 11.5 Å². The molecule has 2 rings (SSSR count). The number of rotatable bonds is 2. The first-order chi connectivity index (χ1) is 8.45. The lowest BCUT2D eigenvalue weighted by Gasteiger charge is -2.12. The second kappa shape index (κ2) is 4.64. The summed E-state index contributed by atoms with van der Waals surface area (Å²) in [6, 6.07) is 6.57. The molecule has 2 nitrogen and oxygen atoms in total. The average molecular weight is 249 g/mol. The molecular formula is C14H13F2NO. The molecule has 0 aliphatic carbocycles. The minimum Gasteiger partial charge on any atom is -0.457 e. The van der Waals surface area contributed by atoms with E-state index in [1.54, 1.807) is 12.1 Å². The van der Waals surface area contributed by atoms with E-state index in [0.29, 0.717) is 11.4 Å². The van der Waals surface area contributed by atoms with Crippen molar-refractivity contribution in [3.8, 4) is 11.5 Å². The van der Waals surface area contributed by atoms with Crippen LogP contribution in [-0.2, 0) is 0 Å². The lowest BCUT2D eigenvalue weighted by molar-refractivity contribution is 0.462. The molecule has 0 bridgehead atoms. The number of benzene rings is 2. The highest BCUT2D eigenvalue weighted by Crippen LogP contribution is 2.31. The van der Waals surface area contributed by atoms with Crippen molar-refractivity contribution in [1.29, 1.82) is 0 Å². The lowest BCUT2D eigenvalue weighted by atomic mass is 10.1. The monoisotopic (exact) mass is 249 g/mol. The Kier molecular flexibility index (Phi) is 3.19. The van der Waals surface area contributed by atoms with Gasteiger partial charge >= 0.3 is 0 Å². The third-order valence-corrected chi connectivity index (χ3v) is 2.54. The standard InChI is InChI=1S/C14H13F2NO/c1-8-3-12(17)4-9(2)14(8)18-13-6-10(15)5-11(16)7-13/h3-7H,17H2,1-2H3. The normalized spacial score (nSPS) is 10.4. The third kappa shape index (κ3) is 2.59. The van der Waals surface area contributed by atoms with Gasteiger partial charge in [0.25, 0.3) is 0 Å². The van der Waals surface area contributed by atoms with Crippen molar-refractivity contribution >= 4 is 5.69 Å². The Balaban J connectivity index is 2.40. The summed E-state index contributed by atoms with van der Waals surface area (Å²) >= 11 is 0. The molecule has 0 amide bonds. The molecule has 0 aromatic heterocycles. The predicted octanol–water partition coefficient (Wildman–Crippen LogP) is 3.96. The molecule has 2 aromatic rings. The number of nitrogens with two attached hydrogens (primary N) is 1. The van der Waals surface area contributed by atoms with Crippen molar-refractivity contribution in [2.24, 2.45) is 0 Å². The predicted molar refractivity (Wildman–Crippen MR) is 66.8 cm³/mol. The molecule has 0 unspecified atom stereocenters. The van der Waals surface area contributed by atoms with Crippen LogP contribution in [0.2, 0.25) is 0 Å². The van der Waals surface area contributed by atoms with Gasteiger partial charge in [-0.3, -0.25) is 0 Å². The minimum absolute atomic E-state index is 0.128. The lowest BCUT2D eigenvalue weighted by Crippen LogP contribution is -1.95. The molecular weight excluding hydrogens is 236 g/mol. The van der Waals surface area contributed by atoms with Gasteiger partial charge in [0.05, 0.1) is 0 Å². The fourth-order valence-corrected chi connectivity index (χ4v) is 1.85. The number of nitrogen functional groups attached to an aromatic ring is 1. The Bertz CT molecular complexity index is 553. The molecule has 4 heteroatoms. The summed E-state index contributed by atoms with van der Waals surface area (Å²) in [5, 5.41) is 0. The van der Waals surface area contributed by atoms with Gasteiger partial charge in [-0.1, -0.05) is 0 Å². The molecule has 2 N–H and O–H groups in total. The molecule has 0 spiro atoms. The number of hydrogen-bond acceptors (Lipinski definition) is 2. The number of halogens is 2. The van der Waals surface area contributed by atoms with Crippen LogP contribution in [0.25, 0.3) is 0 Å². The molecule has 0 aliphatic rings. The van der Waals surface area contributed by atoms with Crippen LogP contribution < -0.4 is 10.5 Å². The van der Waals surface area contributed by atoms with Gasteiger partial charge in [0.1, 0.15) is 23.1 Å². The highest BCUT2D eigenvalue weighted by Gasteiger charge is 2.08. The zero-order chi connectivity index (χ0) is 13.3. The summed E-state index contributed by atoms with van der Waals surface area (Å²) in [6.07, 6.45) is 0. The summed E-state index contributed by atoms with van der Waals surface area (Å²) in [6.45, 7) is 3.66. The summed E-state index contributed by atoms with van der Waals surface area (Å²) < 4.78 is 31.6. The maximum atomic E-state index is 13.1. The van der Waals surface area contributed by atoms with Gasteiger partial charge in [-0.15, -0.1) is 0 Å². The third-order valence-electron chi connectivity index (χ3n) is 2.54. The quantitative estimate of drug-likeness (QED) is 0.818. The fraction of sp³-hybridized carbons (Fsp3) is 0.143. The van der Waals surface area contributed by atoms with Crippen molar-refractivity contribution in [1.82, 2.24) is 0 Å². The van der Waals surface area contributed by atoms with Gasteiger partial charge in [-0.25, -0.2) is 8.78 Å². The molecule has 0 heterocycles. The van der Waals surface area contributed by atoms with Crippen LogP contribution in [0.3, 0.4) is 0 Å². The van der Waals surface area contributed by atoms with Crippen LogP contribution in [0, 0.1) is 25.5 Å². The van der Waals surface area contributed by atoms with E-state index < -0.39 is 11.6 Å². The number of hydrogen-bond donors (Lipinski definition) is 1. The molecule has 0 saturated heterocycles. The van der Waals surface area contributed by atoms with Gasteiger partial charge in [-0.2, -0.15) is 0 Å². The van der Waals surface area contributed by atoms with E-state index >= 15 is 0 Å². The largest absolute Gasteiger partial charge is 0.457 e. The Morgan fingerprint density at radius 3 is 1.89 bits per heavy atom. The topological polar surface area (TPSA) is 35.2 Å². The van der Waals surface area contributed by atoms with Crippen LogP contribution in [0.15, 0.2) is 30.3 Å². The van der Waals surface area contributed by atoms with E-state index in [9.17, 15) is 8.78 Å². The molecule has 0 atom stereocenters. The number of anilines is 1. The Morgan fingerprint density at radius 1 is 0.889 bits per heavy atom. The Hall–Kier alpha value is -2.10. The van der Waals surface area contributed by atoms with Crippen molar-refractivity contribution in [3.05, 3.63) is 53.1 Å². The number of aryl methyl sites for hydroxylation is 2. The van der Waals surface area contributed by atoms with Gasteiger partial charge in [0.15, 0.2) is 0 Å². The highest BCUT2D eigenvalue weighted by atomic mass is 19.1. The van der Waals surface area contributed by atoms with Crippen LogP contribution in [-0.4, -0.2) is 0 Å². The van der Waals surface area contributed by atoms with E-state index in [4.69, 9.17) is 10.5 Å². The summed E-state index contributed by atoms with van der Waals surface area (Å²) in [5.74, 6) is -0.649. The molecule has 0 radical (unpaired) electrons. The molecule has 18 heavy (non-hydrogen) atoms. The first-order valence-electron chi connectivity index (χ1n) is 5.46. The van der Waals surface area contributed by atoms with Crippen LogP contribution in [0.4, 0.5) is 14.5 Å². The van der Waals surface area contributed by atoms with Gasteiger partial charge in [0, 0.05) is 23.9 Å². The SMILES string of the molecule is Cc1cc(N)cc(C)c1Oc1cc(F)cc(F)c1. The van der Waals surface area contributed by atoms with Crippen LogP contribution in [0.1, 0.15) is 11.1 Å². The first kappa shape index (κ1) is 12.4. The van der Waals surface area contributed by atoms with E-state index in [1.165, 1.54) is 0 Å². The van der Waals surface area contributed by atoms with E-state index in [2.05, 4.69) is 0 Å². The zero-order valence-corrected chi connectivity index (χ0v) is 10.1. The Morgan fingerprint density at radius 2 is 1.39 bits per heavy atom. The maximum absolute atomic E-state index is 13.1. The van der Waals surface area contributed by atoms with E-state index in [-0.39, 0.29) is 5.75 Å².